The molecule has 0 fully saturated rings. The molecule has 0 radical (unpaired) electrons. The van der Waals surface area contributed by atoms with Gasteiger partial charge >= 0.3 is 8.56 Å². The van der Waals surface area contributed by atoms with E-state index in [4.69, 9.17) is 8.85 Å². The number of thiazole rings is 1. The van der Waals surface area contributed by atoms with E-state index in [-0.39, 0.29) is 0 Å². The van der Waals surface area contributed by atoms with Crippen molar-refractivity contribution in [2.75, 3.05) is 19.0 Å². The van der Waals surface area contributed by atoms with Crippen LogP contribution in [-0.4, -0.2) is 32.5 Å². The number of para-hydroxylation sites is 1. The summed E-state index contributed by atoms with van der Waals surface area (Å²) in [4.78, 5) is 4.64. The first-order valence-corrected chi connectivity index (χ1v) is 13.3. The Hall–Kier alpha value is -0.0531. The lowest BCUT2D eigenvalue weighted by Gasteiger charge is -2.25. The summed E-state index contributed by atoms with van der Waals surface area (Å²) in [5.74, 6) is 1.10. The molecule has 22 heavy (non-hydrogen) atoms. The van der Waals surface area contributed by atoms with Crippen LogP contribution in [0.1, 0.15) is 20.3 Å². The maximum Gasteiger partial charge on any atom is 0.334 e. The molecule has 0 bridgehead atoms. The predicted molar refractivity (Wildman–Crippen MR) is 102 cm³/mol. The lowest BCUT2D eigenvalue weighted by molar-refractivity contribution is 0.189. The number of aromatic nitrogens is 1. The van der Waals surface area contributed by atoms with E-state index in [0.29, 0.717) is 0 Å². The third kappa shape index (κ3) is 5.54. The molecule has 0 N–H and O–H groups in total. The van der Waals surface area contributed by atoms with Gasteiger partial charge in [0.2, 0.25) is 0 Å². The third-order valence-electron chi connectivity index (χ3n) is 3.16. The van der Waals surface area contributed by atoms with Gasteiger partial charge in [-0.2, -0.15) is 0 Å². The van der Waals surface area contributed by atoms with E-state index < -0.39 is 8.56 Å². The molecule has 0 saturated heterocycles. The Bertz CT molecular complexity index is 540. The molecule has 2 aromatic rings. The Morgan fingerprint density at radius 1 is 1.18 bits per heavy atom. The van der Waals surface area contributed by atoms with E-state index >= 15 is 0 Å². The molecule has 122 valence electrons. The van der Waals surface area contributed by atoms with Crippen molar-refractivity contribution in [1.82, 2.24) is 4.98 Å². The van der Waals surface area contributed by atoms with Crippen molar-refractivity contribution < 1.29 is 8.85 Å². The number of benzene rings is 1. The number of hydrogen-bond acceptors (Lipinski definition) is 6. The molecule has 0 aliphatic rings. The minimum absolute atomic E-state index is 0.746. The zero-order valence-corrected chi connectivity index (χ0v) is 16.8. The van der Waals surface area contributed by atoms with Crippen LogP contribution >= 0.6 is 32.9 Å². The summed E-state index contributed by atoms with van der Waals surface area (Å²) in [6.07, 6.45) is 1.13. The molecule has 2 rings (SSSR count). The van der Waals surface area contributed by atoms with Crippen LogP contribution < -0.4 is 0 Å². The van der Waals surface area contributed by atoms with Crippen molar-refractivity contribution in [3.63, 3.8) is 0 Å². The van der Waals surface area contributed by atoms with E-state index in [2.05, 4.69) is 29.7 Å². The van der Waals surface area contributed by atoms with Crippen molar-refractivity contribution in [3.05, 3.63) is 24.3 Å². The van der Waals surface area contributed by atoms with Gasteiger partial charge in [0.1, 0.15) is 0 Å². The average Bonchev–Trinajstić information content (AvgIpc) is 2.90. The Balaban J connectivity index is 1.72. The van der Waals surface area contributed by atoms with Gasteiger partial charge in [-0.25, -0.2) is 4.98 Å². The third-order valence-corrected chi connectivity index (χ3v) is 10.0. The van der Waals surface area contributed by atoms with Gasteiger partial charge in [0.15, 0.2) is 4.34 Å². The Morgan fingerprint density at radius 3 is 2.59 bits per heavy atom. The minimum Gasteiger partial charge on any atom is -0.395 e. The summed E-state index contributed by atoms with van der Waals surface area (Å²) in [6.45, 7) is 7.75. The minimum atomic E-state index is -1.94. The first kappa shape index (κ1) is 18.3. The predicted octanol–water partition coefficient (Wildman–Crippen LogP) is 5.57. The maximum atomic E-state index is 5.86. The monoisotopic (exact) mass is 373 g/mol. The SMILES string of the molecule is CCO[Si](C)(CCCSSc1nc2ccccc2s1)OCC. The Kier molecular flexibility index (Phi) is 7.73. The van der Waals surface area contributed by atoms with Crippen LogP contribution in [0.3, 0.4) is 0 Å². The second kappa shape index (κ2) is 9.29. The summed E-state index contributed by atoms with van der Waals surface area (Å²) >= 11 is 1.77. The molecule has 1 aromatic carbocycles. The fraction of sp³-hybridized carbons (Fsp3) is 0.533. The summed E-state index contributed by atoms with van der Waals surface area (Å²) in [5, 5.41) is 0. The molecule has 0 aliphatic heterocycles. The normalized spacial score (nSPS) is 12.1. The van der Waals surface area contributed by atoms with Gasteiger partial charge in [0.25, 0.3) is 0 Å². The van der Waals surface area contributed by atoms with E-state index in [9.17, 15) is 0 Å². The fourth-order valence-corrected chi connectivity index (χ4v) is 8.34. The van der Waals surface area contributed by atoms with Gasteiger partial charge < -0.3 is 8.85 Å². The first-order valence-electron chi connectivity index (χ1n) is 7.60. The lowest BCUT2D eigenvalue weighted by atomic mass is 10.3. The summed E-state index contributed by atoms with van der Waals surface area (Å²) < 4.78 is 14.1. The highest BCUT2D eigenvalue weighted by atomic mass is 33.1. The van der Waals surface area contributed by atoms with E-state index in [1.807, 2.05) is 30.7 Å². The van der Waals surface area contributed by atoms with Crippen molar-refractivity contribution in [2.45, 2.75) is 37.2 Å². The molecule has 0 spiro atoms. The molecule has 0 aliphatic carbocycles. The van der Waals surface area contributed by atoms with E-state index in [1.165, 1.54) is 4.70 Å². The first-order chi connectivity index (χ1) is 10.7. The molecular weight excluding hydrogens is 350 g/mol. The summed E-state index contributed by atoms with van der Waals surface area (Å²) in [5.41, 5.74) is 1.10. The molecule has 1 aromatic heterocycles. The smallest absolute Gasteiger partial charge is 0.334 e. The number of hydrogen-bond donors (Lipinski definition) is 0. The molecule has 3 nitrogen and oxygen atoms in total. The number of rotatable bonds is 10. The summed E-state index contributed by atoms with van der Waals surface area (Å²) in [7, 11) is 1.71. The molecule has 7 heteroatoms. The highest BCUT2D eigenvalue weighted by Gasteiger charge is 2.29. The van der Waals surface area contributed by atoms with Crippen LogP contribution in [0.5, 0.6) is 0 Å². The molecule has 1 heterocycles. The zero-order chi connectivity index (χ0) is 15.8. The topological polar surface area (TPSA) is 31.4 Å². The fourth-order valence-electron chi connectivity index (χ4n) is 2.23. The van der Waals surface area contributed by atoms with Crippen molar-refractivity contribution in [1.29, 1.82) is 0 Å². The Labute approximate surface area is 145 Å². The molecule has 0 atom stereocenters. The van der Waals surface area contributed by atoms with Gasteiger partial charge in [-0.1, -0.05) is 22.9 Å². The number of nitrogens with zero attached hydrogens (tertiary/aromatic N) is 1. The highest BCUT2D eigenvalue weighted by Crippen LogP contribution is 2.37. The van der Waals surface area contributed by atoms with Gasteiger partial charge in [0.05, 0.1) is 10.2 Å². The van der Waals surface area contributed by atoms with Gasteiger partial charge in [-0.05, 0) is 55.8 Å². The lowest BCUT2D eigenvalue weighted by Crippen LogP contribution is -2.38. The van der Waals surface area contributed by atoms with Crippen molar-refractivity contribution >= 4 is 51.7 Å². The summed E-state index contributed by atoms with van der Waals surface area (Å²) in [6, 6.07) is 9.36. The van der Waals surface area contributed by atoms with Gasteiger partial charge in [-0.3, -0.25) is 0 Å². The second-order valence-corrected chi connectivity index (χ2v) is 12.0. The highest BCUT2D eigenvalue weighted by molar-refractivity contribution is 8.77. The number of fused-ring (bicyclic) bond motifs is 1. The maximum absolute atomic E-state index is 5.86. The van der Waals surface area contributed by atoms with Gasteiger partial charge in [0, 0.05) is 19.0 Å². The molecule has 0 saturated carbocycles. The van der Waals surface area contributed by atoms with Crippen LogP contribution in [0.4, 0.5) is 0 Å². The second-order valence-electron chi connectivity index (χ2n) is 4.96. The molecular formula is C15H23NO2S3Si. The molecule has 0 amide bonds. The van der Waals surface area contributed by atoms with Gasteiger partial charge in [-0.15, -0.1) is 11.3 Å². The Morgan fingerprint density at radius 2 is 1.91 bits per heavy atom. The average molecular weight is 374 g/mol. The molecule has 0 unspecified atom stereocenters. The quantitative estimate of drug-likeness (QED) is 0.309. The zero-order valence-electron chi connectivity index (χ0n) is 13.3. The van der Waals surface area contributed by atoms with Crippen LogP contribution in [-0.2, 0) is 8.85 Å². The van der Waals surface area contributed by atoms with Crippen LogP contribution in [0, 0.1) is 0 Å². The van der Waals surface area contributed by atoms with Crippen molar-refractivity contribution in [3.8, 4) is 0 Å². The van der Waals surface area contributed by atoms with Crippen LogP contribution in [0.25, 0.3) is 10.2 Å². The van der Waals surface area contributed by atoms with E-state index in [1.54, 1.807) is 22.1 Å². The van der Waals surface area contributed by atoms with E-state index in [0.717, 1.165) is 41.3 Å². The van der Waals surface area contributed by atoms with Crippen molar-refractivity contribution in [2.24, 2.45) is 0 Å². The largest absolute Gasteiger partial charge is 0.395 e. The van der Waals surface area contributed by atoms with Crippen LogP contribution in [0.2, 0.25) is 12.6 Å². The van der Waals surface area contributed by atoms with Crippen LogP contribution in [0.15, 0.2) is 28.6 Å². The standard InChI is InChI=1S/C15H23NO2S3Si/c1-4-17-22(3,18-5-2)12-8-11-19-21-15-16-13-9-6-7-10-14(13)20-15/h6-7,9-10H,4-5,8,11-12H2,1-3H3.